The summed E-state index contributed by atoms with van der Waals surface area (Å²) in [6.45, 7) is 3.29. The van der Waals surface area contributed by atoms with Crippen molar-refractivity contribution in [3.05, 3.63) is 39.7 Å². The Bertz CT molecular complexity index is 548. The smallest absolute Gasteiger partial charge is 0.308 e. The lowest BCUT2D eigenvalue weighted by molar-refractivity contribution is -0.136. The molecule has 0 spiro atoms. The number of carboxylic acid groups (broad SMARTS) is 1. The van der Waals surface area contributed by atoms with Crippen molar-refractivity contribution >= 4 is 17.3 Å². The first-order chi connectivity index (χ1) is 9.17. The van der Waals surface area contributed by atoms with Gasteiger partial charge in [-0.15, -0.1) is 11.3 Å². The van der Waals surface area contributed by atoms with Crippen LogP contribution in [0.15, 0.2) is 22.7 Å². The fourth-order valence-corrected chi connectivity index (χ4v) is 2.63. The van der Waals surface area contributed by atoms with Crippen LogP contribution in [0.1, 0.15) is 28.3 Å². The number of aromatic nitrogens is 1. The van der Waals surface area contributed by atoms with Gasteiger partial charge < -0.3 is 14.8 Å². The predicted octanol–water partition coefficient (Wildman–Crippen LogP) is 2.22. The number of hydrogen-bond acceptors (Lipinski definition) is 5. The fourth-order valence-electron chi connectivity index (χ4n) is 1.65. The van der Waals surface area contributed by atoms with E-state index in [1.54, 1.807) is 6.20 Å². The van der Waals surface area contributed by atoms with Gasteiger partial charge in [0.1, 0.15) is 5.76 Å². The second-order valence-electron chi connectivity index (χ2n) is 4.12. The van der Waals surface area contributed by atoms with E-state index in [1.165, 1.54) is 11.3 Å². The summed E-state index contributed by atoms with van der Waals surface area (Å²) in [6, 6.07) is 3.80. The van der Waals surface area contributed by atoms with Gasteiger partial charge in [0.25, 0.3) is 0 Å². The van der Waals surface area contributed by atoms with Gasteiger partial charge in [-0.1, -0.05) is 6.92 Å². The van der Waals surface area contributed by atoms with Crippen LogP contribution in [0.2, 0.25) is 0 Å². The van der Waals surface area contributed by atoms with E-state index < -0.39 is 5.97 Å². The molecular formula is C13H16N2O3S. The zero-order chi connectivity index (χ0) is 13.7. The van der Waals surface area contributed by atoms with Crippen molar-refractivity contribution in [2.45, 2.75) is 32.9 Å². The predicted molar refractivity (Wildman–Crippen MR) is 72.1 cm³/mol. The number of carboxylic acids is 1. The molecule has 0 fully saturated rings. The average molecular weight is 280 g/mol. The van der Waals surface area contributed by atoms with E-state index in [0.717, 1.165) is 21.9 Å². The lowest BCUT2D eigenvalue weighted by atomic mass is 10.3. The summed E-state index contributed by atoms with van der Waals surface area (Å²) >= 11 is 1.51. The van der Waals surface area contributed by atoms with Gasteiger partial charge in [0, 0.05) is 22.7 Å². The number of aryl methyl sites for hydroxylation is 1. The summed E-state index contributed by atoms with van der Waals surface area (Å²) in [5.74, 6) is 0.768. The Morgan fingerprint density at radius 1 is 1.42 bits per heavy atom. The van der Waals surface area contributed by atoms with E-state index >= 15 is 0 Å². The Morgan fingerprint density at radius 2 is 2.21 bits per heavy atom. The van der Waals surface area contributed by atoms with Gasteiger partial charge >= 0.3 is 5.97 Å². The third-order valence-corrected chi connectivity index (χ3v) is 3.65. The number of carbonyl (C=O) groups is 1. The van der Waals surface area contributed by atoms with Crippen LogP contribution in [0.3, 0.4) is 0 Å². The van der Waals surface area contributed by atoms with Crippen molar-refractivity contribution in [3.63, 3.8) is 0 Å². The molecule has 0 aromatic carbocycles. The van der Waals surface area contributed by atoms with Gasteiger partial charge in [0.05, 0.1) is 19.2 Å². The van der Waals surface area contributed by atoms with Crippen LogP contribution in [0.4, 0.5) is 0 Å². The molecule has 0 unspecified atom stereocenters. The zero-order valence-corrected chi connectivity index (χ0v) is 11.5. The third-order valence-electron chi connectivity index (χ3n) is 2.57. The maximum Gasteiger partial charge on any atom is 0.308 e. The highest BCUT2D eigenvalue weighted by Gasteiger charge is 2.05. The zero-order valence-electron chi connectivity index (χ0n) is 10.7. The normalized spacial score (nSPS) is 10.8. The summed E-state index contributed by atoms with van der Waals surface area (Å²) in [6.07, 6.45) is 2.67. The summed E-state index contributed by atoms with van der Waals surface area (Å²) in [7, 11) is 0. The SMILES string of the molecule is CCc1cnc(CNCc2ccc(CC(=O)O)s2)o1. The highest BCUT2D eigenvalue weighted by molar-refractivity contribution is 7.12. The largest absolute Gasteiger partial charge is 0.481 e. The van der Waals surface area contributed by atoms with Gasteiger partial charge in [0.15, 0.2) is 0 Å². The summed E-state index contributed by atoms with van der Waals surface area (Å²) in [5, 5.41) is 11.9. The number of thiophene rings is 1. The minimum atomic E-state index is -0.798. The summed E-state index contributed by atoms with van der Waals surface area (Å²) in [5.41, 5.74) is 0. The van der Waals surface area contributed by atoms with Crippen LogP contribution in [-0.4, -0.2) is 16.1 Å². The summed E-state index contributed by atoms with van der Waals surface area (Å²) in [4.78, 5) is 16.7. The Labute approximate surface area is 115 Å². The molecule has 0 aliphatic rings. The number of nitrogens with zero attached hydrogens (tertiary/aromatic N) is 1. The number of hydrogen-bond donors (Lipinski definition) is 2. The molecule has 6 heteroatoms. The molecule has 0 radical (unpaired) electrons. The van der Waals surface area contributed by atoms with Crippen LogP contribution >= 0.6 is 11.3 Å². The first-order valence-corrected chi connectivity index (χ1v) is 6.92. The minimum Gasteiger partial charge on any atom is -0.481 e. The van der Waals surface area contributed by atoms with E-state index in [1.807, 2.05) is 19.1 Å². The quantitative estimate of drug-likeness (QED) is 0.813. The molecule has 0 saturated heterocycles. The molecule has 2 aromatic rings. The van der Waals surface area contributed by atoms with Crippen molar-refractivity contribution in [3.8, 4) is 0 Å². The molecule has 0 saturated carbocycles. The molecule has 102 valence electrons. The van der Waals surface area contributed by atoms with Gasteiger partial charge in [-0.3, -0.25) is 4.79 Å². The van der Waals surface area contributed by atoms with E-state index in [2.05, 4.69) is 10.3 Å². The van der Waals surface area contributed by atoms with Crippen LogP contribution in [0.25, 0.3) is 0 Å². The van der Waals surface area contributed by atoms with Gasteiger partial charge in [-0.2, -0.15) is 0 Å². The lowest BCUT2D eigenvalue weighted by Gasteiger charge is -1.99. The first-order valence-electron chi connectivity index (χ1n) is 6.11. The molecule has 0 atom stereocenters. The van der Waals surface area contributed by atoms with Crippen molar-refractivity contribution in [2.75, 3.05) is 0 Å². The number of nitrogens with one attached hydrogen (secondary N) is 1. The number of aliphatic carboxylic acids is 1. The molecule has 2 rings (SSSR count). The third kappa shape index (κ3) is 4.18. The number of oxazole rings is 1. The Morgan fingerprint density at radius 3 is 2.89 bits per heavy atom. The monoisotopic (exact) mass is 280 g/mol. The van der Waals surface area contributed by atoms with Crippen LogP contribution < -0.4 is 5.32 Å². The molecule has 2 aromatic heterocycles. The topological polar surface area (TPSA) is 75.4 Å². The average Bonchev–Trinajstić information content (AvgIpc) is 2.98. The molecule has 19 heavy (non-hydrogen) atoms. The molecule has 0 bridgehead atoms. The van der Waals surface area contributed by atoms with Crippen molar-refractivity contribution < 1.29 is 14.3 Å². The van der Waals surface area contributed by atoms with Crippen LogP contribution in [0, 0.1) is 0 Å². The van der Waals surface area contributed by atoms with Crippen molar-refractivity contribution in [2.24, 2.45) is 0 Å². The summed E-state index contributed by atoms with van der Waals surface area (Å²) < 4.78 is 5.48. The Hall–Kier alpha value is -1.66. The molecular weight excluding hydrogens is 264 g/mol. The highest BCUT2D eigenvalue weighted by atomic mass is 32.1. The first kappa shape index (κ1) is 13.8. The number of rotatable bonds is 7. The maximum absolute atomic E-state index is 10.6. The lowest BCUT2D eigenvalue weighted by Crippen LogP contribution is -2.11. The van der Waals surface area contributed by atoms with Gasteiger partial charge in [0.2, 0.25) is 5.89 Å². The molecule has 2 N–H and O–H groups in total. The Balaban J connectivity index is 1.79. The standard InChI is InChI=1S/C13H16N2O3S/c1-2-9-6-15-12(18-9)8-14-7-11-4-3-10(19-11)5-13(16)17/h3-4,6,14H,2,5,7-8H2,1H3,(H,16,17). The molecule has 0 aliphatic heterocycles. The minimum absolute atomic E-state index is 0.0876. The van der Waals surface area contributed by atoms with Crippen LogP contribution in [-0.2, 0) is 30.7 Å². The molecule has 2 heterocycles. The second kappa shape index (κ2) is 6.49. The van der Waals surface area contributed by atoms with E-state index in [0.29, 0.717) is 19.0 Å². The van der Waals surface area contributed by atoms with Crippen LogP contribution in [0.5, 0.6) is 0 Å². The van der Waals surface area contributed by atoms with Crippen molar-refractivity contribution in [1.29, 1.82) is 0 Å². The van der Waals surface area contributed by atoms with Crippen molar-refractivity contribution in [1.82, 2.24) is 10.3 Å². The van der Waals surface area contributed by atoms with Gasteiger partial charge in [-0.05, 0) is 12.1 Å². The highest BCUT2D eigenvalue weighted by Crippen LogP contribution is 2.17. The van der Waals surface area contributed by atoms with E-state index in [-0.39, 0.29) is 6.42 Å². The second-order valence-corrected chi connectivity index (χ2v) is 5.37. The molecule has 0 amide bonds. The molecule has 5 nitrogen and oxygen atoms in total. The molecule has 0 aliphatic carbocycles. The maximum atomic E-state index is 10.6. The Kier molecular flexibility index (Phi) is 4.70. The van der Waals surface area contributed by atoms with E-state index in [9.17, 15) is 4.79 Å². The van der Waals surface area contributed by atoms with E-state index in [4.69, 9.17) is 9.52 Å². The fraction of sp³-hybridized carbons (Fsp3) is 0.385. The van der Waals surface area contributed by atoms with Gasteiger partial charge in [-0.25, -0.2) is 4.98 Å².